The normalized spacial score (nSPS) is 11.3. The molecule has 23 heavy (non-hydrogen) atoms. The van der Waals surface area contributed by atoms with Crippen molar-refractivity contribution in [3.05, 3.63) is 22.7 Å². The minimum atomic E-state index is -4.59. The fraction of sp³-hybridized carbons (Fsp3) is 0.500. The molecule has 0 heterocycles. The van der Waals surface area contributed by atoms with Gasteiger partial charge in [0.1, 0.15) is 0 Å². The summed E-state index contributed by atoms with van der Waals surface area (Å²) in [5.74, 6) is 0. The Labute approximate surface area is 137 Å². The van der Waals surface area contributed by atoms with Crippen LogP contribution >= 0.6 is 11.6 Å². The second-order valence-corrected chi connectivity index (χ2v) is 5.41. The zero-order valence-electron chi connectivity index (χ0n) is 12.6. The maximum Gasteiger partial charge on any atom is 0.418 e. The third kappa shape index (κ3) is 6.15. The number of nitrogens with one attached hydrogen (secondary N) is 2. The van der Waals surface area contributed by atoms with Crippen molar-refractivity contribution in [3.8, 4) is 0 Å². The highest BCUT2D eigenvalue weighted by Gasteiger charge is 2.33. The number of alkyl halides is 3. The standard InChI is InChI=1S/C14H18ClF3N4O/c1-2-3-4-5-6-20-13(23)21-11-8-9(14(16,17)18)7-10(15)12(11)22-19/h7-8,19H,2-6H2,1H3,(H2,20,21,23)/p+1. The number of unbranched alkanes of at least 4 members (excludes halogenated alkanes) is 3. The molecule has 0 fully saturated rings. The van der Waals surface area contributed by atoms with Crippen molar-refractivity contribution in [2.24, 2.45) is 5.11 Å². The molecule has 1 rings (SSSR count). The van der Waals surface area contributed by atoms with Gasteiger partial charge in [-0.25, -0.2) is 15.6 Å². The van der Waals surface area contributed by atoms with Crippen LogP contribution in [0.4, 0.5) is 29.3 Å². The summed E-state index contributed by atoms with van der Waals surface area (Å²) in [7, 11) is 0. The number of quaternary nitrogens is 1. The molecule has 9 heteroatoms. The van der Waals surface area contributed by atoms with Gasteiger partial charge in [0, 0.05) is 12.6 Å². The van der Waals surface area contributed by atoms with Crippen molar-refractivity contribution < 1.29 is 23.3 Å². The van der Waals surface area contributed by atoms with Crippen molar-refractivity contribution in [2.45, 2.75) is 38.8 Å². The van der Waals surface area contributed by atoms with Gasteiger partial charge in [-0.05, 0) is 12.5 Å². The number of hydrogen-bond donors (Lipinski definition) is 3. The van der Waals surface area contributed by atoms with Gasteiger partial charge in [0.15, 0.2) is 11.4 Å². The van der Waals surface area contributed by atoms with Crippen LogP contribution in [0.25, 0.3) is 0 Å². The highest BCUT2D eigenvalue weighted by molar-refractivity contribution is 6.33. The molecule has 0 unspecified atom stereocenters. The lowest BCUT2D eigenvalue weighted by Gasteiger charge is -2.10. The second-order valence-electron chi connectivity index (χ2n) is 5.00. The van der Waals surface area contributed by atoms with Crippen molar-refractivity contribution in [1.82, 2.24) is 5.32 Å². The van der Waals surface area contributed by atoms with E-state index in [1.54, 1.807) is 0 Å². The van der Waals surface area contributed by atoms with Crippen molar-refractivity contribution in [1.29, 1.82) is 5.53 Å². The Morgan fingerprint density at radius 1 is 1.35 bits per heavy atom. The minimum absolute atomic E-state index is 0.133. The van der Waals surface area contributed by atoms with Crippen LogP contribution in [0.1, 0.15) is 38.2 Å². The molecule has 0 radical (unpaired) electrons. The van der Waals surface area contributed by atoms with Gasteiger partial charge in [0.2, 0.25) is 0 Å². The summed E-state index contributed by atoms with van der Waals surface area (Å²) in [6.45, 7) is 2.50. The lowest BCUT2D eigenvalue weighted by molar-refractivity contribution is -0.464. The highest BCUT2D eigenvalue weighted by atomic mass is 35.5. The van der Waals surface area contributed by atoms with E-state index < -0.39 is 17.8 Å². The zero-order valence-corrected chi connectivity index (χ0v) is 13.4. The predicted molar refractivity (Wildman–Crippen MR) is 80.4 cm³/mol. The van der Waals surface area contributed by atoms with E-state index in [0.717, 1.165) is 37.1 Å². The first-order valence-corrected chi connectivity index (χ1v) is 7.58. The topological polar surface area (TPSA) is 81.9 Å². The van der Waals surface area contributed by atoms with Gasteiger partial charge in [-0.2, -0.15) is 18.3 Å². The maximum absolute atomic E-state index is 12.8. The monoisotopic (exact) mass is 351 g/mol. The van der Waals surface area contributed by atoms with Gasteiger partial charge >= 0.3 is 12.2 Å². The Balaban J connectivity index is 2.79. The fourth-order valence-electron chi connectivity index (χ4n) is 1.97. The van der Waals surface area contributed by atoms with Crippen LogP contribution in [0.15, 0.2) is 17.2 Å². The third-order valence-electron chi connectivity index (χ3n) is 3.15. The van der Waals surface area contributed by atoms with E-state index in [0.29, 0.717) is 12.6 Å². The van der Waals surface area contributed by atoms with Gasteiger partial charge < -0.3 is 5.32 Å². The van der Waals surface area contributed by atoms with E-state index in [4.69, 9.17) is 17.1 Å². The summed E-state index contributed by atoms with van der Waals surface area (Å²) in [5, 5.41) is 6.36. The van der Waals surface area contributed by atoms with Gasteiger partial charge in [-0.1, -0.05) is 37.8 Å². The summed E-state index contributed by atoms with van der Waals surface area (Å²) in [6.07, 6.45) is -0.697. The summed E-state index contributed by atoms with van der Waals surface area (Å²) in [5.41, 5.74) is 5.73. The molecule has 0 saturated heterocycles. The Hall–Kier alpha value is -1.67. The molecule has 2 amide bonds. The number of primary amides is 1. The lowest BCUT2D eigenvalue weighted by atomic mass is 10.1. The van der Waals surface area contributed by atoms with Crippen LogP contribution in [0.2, 0.25) is 5.02 Å². The van der Waals surface area contributed by atoms with Crippen LogP contribution in [0.5, 0.6) is 0 Å². The zero-order chi connectivity index (χ0) is 17.5. The molecule has 128 valence electrons. The molecule has 0 aromatic heterocycles. The number of carbonyl (C=O) groups excluding carboxylic acids is 1. The summed E-state index contributed by atoms with van der Waals surface area (Å²) in [6, 6.07) is 0.909. The van der Waals surface area contributed by atoms with Gasteiger partial charge in [0.05, 0.1) is 10.6 Å². The number of nitrogens with two attached hydrogens (primary N) is 1. The molecule has 0 aliphatic rings. The first-order chi connectivity index (χ1) is 10.8. The number of amides is 2. The average Bonchev–Trinajstić information content (AvgIpc) is 2.45. The first kappa shape index (κ1) is 19.4. The van der Waals surface area contributed by atoms with Crippen molar-refractivity contribution in [3.63, 3.8) is 0 Å². The SMILES string of the molecule is CCCCCCNC(=O)[NH2+]c1cc(C(F)(F)F)cc(Cl)c1N=N. The van der Waals surface area contributed by atoms with E-state index in [1.165, 1.54) is 0 Å². The van der Waals surface area contributed by atoms with Crippen molar-refractivity contribution >= 4 is 29.0 Å². The van der Waals surface area contributed by atoms with E-state index in [1.807, 2.05) is 0 Å². The fourth-order valence-corrected chi connectivity index (χ4v) is 2.24. The molecule has 4 N–H and O–H groups in total. The largest absolute Gasteiger partial charge is 0.418 e. The number of urea groups is 1. The Kier molecular flexibility index (Phi) is 7.44. The number of hydrogen-bond acceptors (Lipinski definition) is 3. The molecule has 0 aliphatic carbocycles. The Bertz CT molecular complexity index is 564. The quantitative estimate of drug-likeness (QED) is 0.377. The second kappa shape index (κ2) is 8.83. The number of halogens is 4. The Morgan fingerprint density at radius 3 is 2.61 bits per heavy atom. The van der Waals surface area contributed by atoms with E-state index >= 15 is 0 Å². The number of rotatable bonds is 7. The predicted octanol–water partition coefficient (Wildman–Crippen LogP) is 4.51. The summed E-state index contributed by atoms with van der Waals surface area (Å²) < 4.78 is 38.4. The van der Waals surface area contributed by atoms with Crippen LogP contribution in [-0.4, -0.2) is 12.6 Å². The van der Waals surface area contributed by atoms with Crippen molar-refractivity contribution in [2.75, 3.05) is 6.54 Å². The van der Waals surface area contributed by atoms with E-state index in [-0.39, 0.29) is 16.4 Å². The lowest BCUT2D eigenvalue weighted by Crippen LogP contribution is -2.85. The molecule has 1 aromatic rings. The average molecular weight is 352 g/mol. The van der Waals surface area contributed by atoms with Crippen LogP contribution in [-0.2, 0) is 6.18 Å². The van der Waals surface area contributed by atoms with Gasteiger partial charge in [-0.3, -0.25) is 0 Å². The number of nitrogens with zero attached hydrogens (tertiary/aromatic N) is 1. The summed E-state index contributed by atoms with van der Waals surface area (Å²) >= 11 is 5.72. The molecule has 0 aliphatic heterocycles. The highest BCUT2D eigenvalue weighted by Crippen LogP contribution is 2.38. The maximum atomic E-state index is 12.8. The molecule has 0 saturated carbocycles. The molecular weight excluding hydrogens is 333 g/mol. The molecular formula is C14H19ClF3N4O+. The van der Waals surface area contributed by atoms with Gasteiger partial charge in [0.25, 0.3) is 0 Å². The van der Waals surface area contributed by atoms with Crippen LogP contribution in [0, 0.1) is 5.53 Å². The van der Waals surface area contributed by atoms with Crippen LogP contribution in [0.3, 0.4) is 0 Å². The number of carbonyl (C=O) groups is 1. The molecule has 0 bridgehead atoms. The molecule has 0 spiro atoms. The van der Waals surface area contributed by atoms with E-state index in [9.17, 15) is 18.0 Å². The molecule has 1 aromatic carbocycles. The van der Waals surface area contributed by atoms with Crippen LogP contribution < -0.4 is 10.6 Å². The third-order valence-corrected chi connectivity index (χ3v) is 3.44. The van der Waals surface area contributed by atoms with E-state index in [2.05, 4.69) is 17.4 Å². The van der Waals surface area contributed by atoms with Gasteiger partial charge in [-0.15, -0.1) is 0 Å². The minimum Gasteiger partial charge on any atom is -0.305 e. The molecule has 0 atom stereocenters. The number of benzene rings is 1. The first-order valence-electron chi connectivity index (χ1n) is 7.20. The molecule has 5 nitrogen and oxygen atoms in total. The smallest absolute Gasteiger partial charge is 0.305 e. The Morgan fingerprint density at radius 2 is 2.04 bits per heavy atom. The summed E-state index contributed by atoms with van der Waals surface area (Å²) in [4.78, 5) is 11.8.